The second-order valence-electron chi connectivity index (χ2n) is 11.0. The van der Waals surface area contributed by atoms with Gasteiger partial charge in [-0.2, -0.15) is 21.6 Å². The van der Waals surface area contributed by atoms with Crippen LogP contribution in [0, 0.1) is 13.8 Å². The van der Waals surface area contributed by atoms with E-state index in [0.29, 0.717) is 33.7 Å². The van der Waals surface area contributed by atoms with Gasteiger partial charge in [0, 0.05) is 24.2 Å². The van der Waals surface area contributed by atoms with Crippen LogP contribution < -0.4 is 19.8 Å². The van der Waals surface area contributed by atoms with Crippen LogP contribution in [0.1, 0.15) is 59.3 Å². The van der Waals surface area contributed by atoms with E-state index in [0.717, 1.165) is 50.0 Å². The average molecular weight is 699 g/mol. The summed E-state index contributed by atoms with van der Waals surface area (Å²) in [6, 6.07) is 8.49. The van der Waals surface area contributed by atoms with Crippen molar-refractivity contribution in [2.75, 3.05) is 23.3 Å². The summed E-state index contributed by atoms with van der Waals surface area (Å²) in [5, 5.41) is 3.23. The minimum atomic E-state index is -6.11. The molecule has 1 aliphatic heterocycles. The number of aldehydes is 1. The fraction of sp³-hybridized carbons (Fsp3) is 0.323. The van der Waals surface area contributed by atoms with Crippen molar-refractivity contribution in [2.24, 2.45) is 0 Å². The largest absolute Gasteiger partial charge is 0.534 e. The zero-order valence-electron chi connectivity index (χ0n) is 24.8. The number of aromatic nitrogens is 1. The van der Waals surface area contributed by atoms with E-state index >= 15 is 0 Å². The summed E-state index contributed by atoms with van der Waals surface area (Å²) in [6.07, 6.45) is 3.21. The molecule has 3 heterocycles. The van der Waals surface area contributed by atoms with Gasteiger partial charge in [-0.3, -0.25) is 9.59 Å². The molecule has 0 amide bonds. The maximum absolute atomic E-state index is 13.5. The van der Waals surface area contributed by atoms with Crippen LogP contribution in [-0.4, -0.2) is 38.3 Å². The Bertz CT molecular complexity index is 2010. The first-order chi connectivity index (χ1) is 21.6. The lowest BCUT2D eigenvalue weighted by atomic mass is 9.99. The Morgan fingerprint density at radius 2 is 1.78 bits per heavy atom. The number of aryl methyl sites for hydroxylation is 1. The van der Waals surface area contributed by atoms with Crippen LogP contribution in [0.2, 0.25) is 10.2 Å². The van der Waals surface area contributed by atoms with Gasteiger partial charge in [0.25, 0.3) is 0 Å². The van der Waals surface area contributed by atoms with Crippen molar-refractivity contribution >= 4 is 62.1 Å². The summed E-state index contributed by atoms with van der Waals surface area (Å²) in [7, 11) is -6.11. The smallest absolute Gasteiger partial charge is 0.440 e. The zero-order valence-corrected chi connectivity index (χ0v) is 27.1. The first-order valence-corrected chi connectivity index (χ1v) is 16.3. The molecule has 0 aliphatic carbocycles. The Labute approximate surface area is 272 Å². The lowest BCUT2D eigenvalue weighted by Crippen LogP contribution is -2.31. The van der Waals surface area contributed by atoms with Crippen LogP contribution >= 0.6 is 23.2 Å². The maximum Gasteiger partial charge on any atom is 0.534 e. The number of anilines is 2. The number of hydrogen-bond donors (Lipinski definition) is 1. The molecule has 46 heavy (non-hydrogen) atoms. The van der Waals surface area contributed by atoms with Gasteiger partial charge in [-0.15, -0.1) is 0 Å². The standard InChI is InChI=1S/C31H28Cl2F3N3O6S/c1-16-11-21(29-22(12-16)27(41)17(2)30(44-29)39-9-5-4-6-10-39)18(3)37-24-7-8-25(33)38-26(24)19-13-20(15-40)28(23(32)14-19)45-46(42,43)31(34,35)36/h7-8,11-15,18,37H,4-6,9-10H2,1-3H3/t18-/m1/s1. The van der Waals surface area contributed by atoms with Gasteiger partial charge in [-0.1, -0.05) is 29.3 Å². The molecule has 9 nitrogen and oxygen atoms in total. The second-order valence-corrected chi connectivity index (χ2v) is 13.3. The van der Waals surface area contributed by atoms with E-state index in [1.807, 2.05) is 19.9 Å². The lowest BCUT2D eigenvalue weighted by Gasteiger charge is -2.29. The summed E-state index contributed by atoms with van der Waals surface area (Å²) in [5.74, 6) is -0.446. The quantitative estimate of drug-likeness (QED) is 0.0846. The molecule has 0 radical (unpaired) electrons. The third-order valence-electron chi connectivity index (χ3n) is 7.66. The van der Waals surface area contributed by atoms with Gasteiger partial charge in [0.1, 0.15) is 10.7 Å². The Hall–Kier alpha value is -3.81. The average Bonchev–Trinajstić information content (AvgIpc) is 3.00. The van der Waals surface area contributed by atoms with Gasteiger partial charge < -0.3 is 18.8 Å². The monoisotopic (exact) mass is 697 g/mol. The third kappa shape index (κ3) is 6.53. The molecule has 2 aromatic heterocycles. The lowest BCUT2D eigenvalue weighted by molar-refractivity contribution is -0.0500. The van der Waals surface area contributed by atoms with Gasteiger partial charge in [0.15, 0.2) is 17.5 Å². The molecule has 0 spiro atoms. The number of hydrogen-bond acceptors (Lipinski definition) is 9. The molecule has 4 aromatic rings. The fourth-order valence-corrected chi connectivity index (χ4v) is 6.40. The Balaban J connectivity index is 1.58. The highest BCUT2D eigenvalue weighted by atomic mass is 35.5. The maximum atomic E-state index is 13.5. The van der Waals surface area contributed by atoms with E-state index in [1.165, 1.54) is 6.07 Å². The second kappa shape index (κ2) is 12.8. The minimum Gasteiger partial charge on any atom is -0.440 e. The predicted molar refractivity (Wildman–Crippen MR) is 171 cm³/mol. The first-order valence-electron chi connectivity index (χ1n) is 14.2. The molecule has 1 aliphatic rings. The number of carbonyl (C=O) groups excluding carboxylic acids is 1. The van der Waals surface area contributed by atoms with Crippen molar-refractivity contribution in [3.63, 3.8) is 0 Å². The molecule has 0 bridgehead atoms. The Morgan fingerprint density at radius 1 is 1.09 bits per heavy atom. The highest BCUT2D eigenvalue weighted by Crippen LogP contribution is 2.40. The van der Waals surface area contributed by atoms with Gasteiger partial charge in [-0.05, 0) is 75.9 Å². The van der Waals surface area contributed by atoms with Crippen molar-refractivity contribution in [1.29, 1.82) is 0 Å². The Morgan fingerprint density at radius 3 is 2.43 bits per heavy atom. The number of nitrogens with zero attached hydrogens (tertiary/aromatic N) is 2. The first kappa shape index (κ1) is 33.6. The van der Waals surface area contributed by atoms with E-state index in [2.05, 4.69) is 19.4 Å². The molecule has 244 valence electrons. The van der Waals surface area contributed by atoms with Crippen molar-refractivity contribution in [1.82, 2.24) is 4.98 Å². The SMILES string of the molecule is Cc1cc([C@@H](C)Nc2ccc(Cl)nc2-c2cc(Cl)c(OS(=O)(=O)C(F)(F)F)c(C=O)c2)c2oc(N3CCCCC3)c(C)c(=O)c2c1. The van der Waals surface area contributed by atoms with Crippen molar-refractivity contribution < 1.29 is 35.0 Å². The summed E-state index contributed by atoms with van der Waals surface area (Å²) in [6.45, 7) is 7.03. The molecule has 1 fully saturated rings. The van der Waals surface area contributed by atoms with Crippen molar-refractivity contribution in [2.45, 2.75) is 51.6 Å². The summed E-state index contributed by atoms with van der Waals surface area (Å²) >= 11 is 12.4. The number of pyridine rings is 1. The minimum absolute atomic E-state index is 0.0469. The fourth-order valence-electron chi connectivity index (χ4n) is 5.44. The topological polar surface area (TPSA) is 119 Å². The summed E-state index contributed by atoms with van der Waals surface area (Å²) in [5.41, 5.74) is -3.32. The van der Waals surface area contributed by atoms with Crippen LogP contribution in [0.15, 0.2) is 45.6 Å². The van der Waals surface area contributed by atoms with Gasteiger partial charge in [0.05, 0.1) is 39.0 Å². The number of piperidine rings is 1. The molecule has 15 heteroatoms. The van der Waals surface area contributed by atoms with E-state index in [4.69, 9.17) is 27.6 Å². The molecular formula is C31H28Cl2F3N3O6S. The highest BCUT2D eigenvalue weighted by Gasteiger charge is 2.49. The normalized spacial score (nSPS) is 14.7. The number of halogens is 5. The van der Waals surface area contributed by atoms with Crippen LogP contribution in [0.3, 0.4) is 0 Å². The number of fused-ring (bicyclic) bond motifs is 1. The molecule has 1 saturated heterocycles. The van der Waals surface area contributed by atoms with E-state index < -0.39 is 38.0 Å². The number of rotatable bonds is 8. The van der Waals surface area contributed by atoms with E-state index in [1.54, 1.807) is 19.1 Å². The van der Waals surface area contributed by atoms with Crippen LogP contribution in [-0.2, 0) is 10.1 Å². The van der Waals surface area contributed by atoms with Crippen LogP contribution in [0.25, 0.3) is 22.2 Å². The van der Waals surface area contributed by atoms with Gasteiger partial charge >= 0.3 is 15.6 Å². The zero-order chi connectivity index (χ0) is 33.6. The summed E-state index contributed by atoms with van der Waals surface area (Å²) in [4.78, 5) is 31.8. The number of carbonyl (C=O) groups is 1. The van der Waals surface area contributed by atoms with E-state index in [-0.39, 0.29) is 28.1 Å². The molecule has 0 saturated carbocycles. The van der Waals surface area contributed by atoms with E-state index in [9.17, 15) is 31.2 Å². The molecule has 1 atom stereocenters. The molecule has 5 rings (SSSR count). The van der Waals surface area contributed by atoms with Crippen LogP contribution in [0.5, 0.6) is 5.75 Å². The number of benzene rings is 2. The van der Waals surface area contributed by atoms with Gasteiger partial charge in [-0.25, -0.2) is 4.98 Å². The van der Waals surface area contributed by atoms with Gasteiger partial charge in [0.2, 0.25) is 5.88 Å². The van der Waals surface area contributed by atoms with Crippen molar-refractivity contribution in [3.05, 3.63) is 79.1 Å². The van der Waals surface area contributed by atoms with Crippen molar-refractivity contribution in [3.8, 4) is 17.0 Å². The number of nitrogens with one attached hydrogen (secondary N) is 1. The molecular weight excluding hydrogens is 670 g/mol. The number of alkyl halides is 3. The molecule has 1 N–H and O–H groups in total. The highest BCUT2D eigenvalue weighted by molar-refractivity contribution is 7.88. The third-order valence-corrected chi connectivity index (χ3v) is 9.10. The summed E-state index contributed by atoms with van der Waals surface area (Å²) < 4.78 is 72.8. The van der Waals surface area contributed by atoms with Crippen LogP contribution in [0.4, 0.5) is 24.7 Å². The predicted octanol–water partition coefficient (Wildman–Crippen LogP) is 7.98. The molecule has 0 unspecified atom stereocenters. The Kier molecular flexibility index (Phi) is 9.31. The molecule has 2 aromatic carbocycles.